The fraction of sp³-hybridized carbons (Fsp3) is 0.429. The number of nitrogens with one attached hydrogen (secondary N) is 1. The van der Waals surface area contributed by atoms with Crippen molar-refractivity contribution in [3.63, 3.8) is 0 Å². The normalized spacial score (nSPS) is 21.0. The van der Waals surface area contributed by atoms with Gasteiger partial charge in [-0.25, -0.2) is 0 Å². The van der Waals surface area contributed by atoms with E-state index in [1.807, 2.05) is 18.2 Å². The first-order valence-electron chi connectivity index (χ1n) is 12.3. The number of likely N-dealkylation sites (tertiary alicyclic amines) is 2. The monoisotopic (exact) mass is 541 g/mol. The molecule has 0 radical (unpaired) electrons. The van der Waals surface area contributed by atoms with Crippen LogP contribution >= 0.6 is 27.5 Å². The van der Waals surface area contributed by atoms with E-state index in [0.717, 1.165) is 74.4 Å². The van der Waals surface area contributed by atoms with Crippen LogP contribution in [-0.4, -0.2) is 53.7 Å². The number of allylic oxidation sites excluding steroid dienone is 1. The number of anilines is 1. The number of β-amino-alcohol motifs (C(OH)–C–C–N with tert-alkyl or cyclic N) is 1. The molecule has 0 saturated carbocycles. The molecular weight excluding hydrogens is 510 g/mol. The molecule has 0 aromatic heterocycles. The summed E-state index contributed by atoms with van der Waals surface area (Å²) in [7, 11) is 0. The molecule has 2 N–H and O–H groups in total. The predicted molar refractivity (Wildman–Crippen MR) is 145 cm³/mol. The summed E-state index contributed by atoms with van der Waals surface area (Å²) in [5.74, 6) is 1.24. The van der Waals surface area contributed by atoms with Crippen molar-refractivity contribution < 1.29 is 5.11 Å². The van der Waals surface area contributed by atoms with Crippen LogP contribution in [0.4, 0.5) is 5.69 Å². The molecular formula is C28H33BrClN3O. The minimum Gasteiger partial charge on any atom is -0.392 e. The number of aliphatic hydroxyl groups is 1. The molecule has 1 atom stereocenters. The van der Waals surface area contributed by atoms with Crippen LogP contribution in [0.25, 0.3) is 6.08 Å². The van der Waals surface area contributed by atoms with Crippen molar-refractivity contribution in [2.75, 3.05) is 38.0 Å². The number of rotatable bonds is 6. The Kier molecular flexibility index (Phi) is 7.08. The smallest absolute Gasteiger partial charge is 0.0983 e. The highest BCUT2D eigenvalue weighted by Gasteiger charge is 2.38. The second-order valence-corrected chi connectivity index (χ2v) is 11.2. The molecule has 2 saturated heterocycles. The number of benzene rings is 2. The van der Waals surface area contributed by atoms with Crippen LogP contribution in [-0.2, 0) is 5.41 Å². The van der Waals surface area contributed by atoms with Gasteiger partial charge < -0.3 is 20.2 Å². The molecule has 1 unspecified atom stereocenters. The van der Waals surface area contributed by atoms with Crippen molar-refractivity contribution in [1.82, 2.24) is 9.80 Å². The molecule has 2 heterocycles. The summed E-state index contributed by atoms with van der Waals surface area (Å²) in [5.41, 5.74) is 4.03. The van der Waals surface area contributed by atoms with Crippen LogP contribution in [0.5, 0.6) is 0 Å². The quantitative estimate of drug-likeness (QED) is 0.461. The molecule has 2 aromatic rings. The highest BCUT2D eigenvalue weighted by atomic mass is 79.9. The van der Waals surface area contributed by atoms with Gasteiger partial charge in [-0.1, -0.05) is 54.6 Å². The van der Waals surface area contributed by atoms with E-state index in [2.05, 4.69) is 74.0 Å². The van der Waals surface area contributed by atoms with Gasteiger partial charge in [-0.3, -0.25) is 0 Å². The van der Waals surface area contributed by atoms with Gasteiger partial charge >= 0.3 is 0 Å². The summed E-state index contributed by atoms with van der Waals surface area (Å²) in [5, 5.41) is 15.1. The lowest BCUT2D eigenvalue weighted by Gasteiger charge is -2.42. The van der Waals surface area contributed by atoms with Crippen molar-refractivity contribution in [2.24, 2.45) is 5.92 Å². The molecule has 0 bridgehead atoms. The first-order chi connectivity index (χ1) is 16.4. The lowest BCUT2D eigenvalue weighted by atomic mass is 9.74. The topological polar surface area (TPSA) is 38.7 Å². The van der Waals surface area contributed by atoms with Gasteiger partial charge in [0.2, 0.25) is 0 Å². The van der Waals surface area contributed by atoms with E-state index in [-0.39, 0.29) is 11.5 Å². The maximum atomic E-state index is 11.0. The Balaban J connectivity index is 1.08. The Morgan fingerprint density at radius 1 is 1.15 bits per heavy atom. The number of piperidine rings is 2. The third-order valence-corrected chi connectivity index (χ3v) is 9.16. The largest absolute Gasteiger partial charge is 0.392 e. The van der Waals surface area contributed by atoms with Crippen molar-refractivity contribution in [3.05, 3.63) is 81.6 Å². The summed E-state index contributed by atoms with van der Waals surface area (Å²) >= 11 is 9.57. The summed E-state index contributed by atoms with van der Waals surface area (Å²) in [6, 6.07) is 14.6. The van der Waals surface area contributed by atoms with E-state index in [1.165, 1.54) is 11.1 Å². The second-order valence-electron chi connectivity index (χ2n) is 9.97. The molecule has 4 nitrogen and oxygen atoms in total. The molecule has 6 heteroatoms. The van der Waals surface area contributed by atoms with Crippen molar-refractivity contribution in [3.8, 4) is 0 Å². The summed E-state index contributed by atoms with van der Waals surface area (Å²) in [6.07, 6.45) is 8.69. The molecule has 1 spiro atoms. The molecule has 34 heavy (non-hydrogen) atoms. The zero-order valence-corrected chi connectivity index (χ0v) is 21.9. The van der Waals surface area contributed by atoms with Crippen LogP contribution in [0, 0.1) is 5.92 Å². The van der Waals surface area contributed by atoms with Gasteiger partial charge in [-0.05, 0) is 89.9 Å². The number of fused-ring (bicyclic) bond motifs is 2. The average molecular weight is 543 g/mol. The maximum absolute atomic E-state index is 11.0. The third kappa shape index (κ3) is 4.94. The minimum absolute atomic E-state index is 0.205. The van der Waals surface area contributed by atoms with E-state index in [4.69, 9.17) is 11.6 Å². The van der Waals surface area contributed by atoms with E-state index >= 15 is 0 Å². The highest BCUT2D eigenvalue weighted by Crippen LogP contribution is 2.43. The van der Waals surface area contributed by atoms with Gasteiger partial charge in [0.15, 0.2) is 0 Å². The number of hydrogen-bond donors (Lipinski definition) is 2. The molecule has 1 aliphatic carbocycles. The van der Waals surface area contributed by atoms with Crippen LogP contribution in [0.15, 0.2) is 65.4 Å². The number of hydrogen-bond acceptors (Lipinski definition) is 4. The molecule has 180 valence electrons. The number of nitrogens with zero attached hydrogens (tertiary/aromatic N) is 2. The Bertz CT molecular complexity index is 1070. The van der Waals surface area contributed by atoms with Gasteiger partial charge in [0.25, 0.3) is 0 Å². The first-order valence-corrected chi connectivity index (χ1v) is 13.5. The van der Waals surface area contributed by atoms with Crippen molar-refractivity contribution >= 4 is 39.3 Å². The van der Waals surface area contributed by atoms with Gasteiger partial charge in [0.05, 0.1) is 16.9 Å². The van der Waals surface area contributed by atoms with Crippen LogP contribution < -0.4 is 5.32 Å². The van der Waals surface area contributed by atoms with Crippen LogP contribution in [0.1, 0.15) is 36.8 Å². The van der Waals surface area contributed by atoms with E-state index in [9.17, 15) is 5.11 Å². The number of halogens is 2. The lowest BCUT2D eigenvalue weighted by Crippen LogP contribution is -2.47. The van der Waals surface area contributed by atoms with Gasteiger partial charge in [-0.2, -0.15) is 0 Å². The minimum atomic E-state index is -0.268. The first kappa shape index (κ1) is 23.9. The van der Waals surface area contributed by atoms with E-state index in [0.29, 0.717) is 10.9 Å². The SMILES string of the molecule is C=C(Nc1ccc(Cl)c(Br)c1)N1CCC(C(O)CN2CCC3(C=Cc4ccccc43)CC2)CC1. The average Bonchev–Trinajstić information content (AvgIpc) is 3.21. The number of aliphatic hydroxyl groups excluding tert-OH is 1. The Hall–Kier alpha value is -1.79. The predicted octanol–water partition coefficient (Wildman–Crippen LogP) is 6.12. The summed E-state index contributed by atoms with van der Waals surface area (Å²) in [6.45, 7) is 8.93. The zero-order chi connectivity index (χ0) is 23.7. The Morgan fingerprint density at radius 3 is 2.62 bits per heavy atom. The van der Waals surface area contributed by atoms with E-state index in [1.54, 1.807) is 0 Å². The standard InChI is InChI=1S/C28H33BrClN3O/c1-20(31-23-6-7-26(30)25(29)18-23)33-14-9-22(10-15-33)27(34)19-32-16-12-28(13-17-32)11-8-21-4-2-3-5-24(21)28/h2-8,11,18,22,27,31,34H,1,9-10,12-17,19H2. The molecule has 2 aromatic carbocycles. The van der Waals surface area contributed by atoms with Crippen molar-refractivity contribution in [2.45, 2.75) is 37.2 Å². The molecule has 3 aliphatic rings. The Morgan fingerprint density at radius 2 is 1.88 bits per heavy atom. The fourth-order valence-corrected chi connectivity index (χ4v) is 6.29. The van der Waals surface area contributed by atoms with E-state index < -0.39 is 0 Å². The fourth-order valence-electron chi connectivity index (χ4n) is 5.79. The Labute approximate surface area is 216 Å². The summed E-state index contributed by atoms with van der Waals surface area (Å²) < 4.78 is 0.866. The molecule has 0 amide bonds. The zero-order valence-electron chi connectivity index (χ0n) is 19.5. The molecule has 5 rings (SSSR count). The highest BCUT2D eigenvalue weighted by molar-refractivity contribution is 9.10. The third-order valence-electron chi connectivity index (χ3n) is 7.95. The van der Waals surface area contributed by atoms with Crippen LogP contribution in [0.3, 0.4) is 0 Å². The lowest BCUT2D eigenvalue weighted by molar-refractivity contribution is 0.0275. The second kappa shape index (κ2) is 10.1. The summed E-state index contributed by atoms with van der Waals surface area (Å²) in [4.78, 5) is 4.75. The molecule has 2 aliphatic heterocycles. The van der Waals surface area contributed by atoms with Crippen LogP contribution in [0.2, 0.25) is 5.02 Å². The molecule has 2 fully saturated rings. The van der Waals surface area contributed by atoms with Gasteiger partial charge in [0.1, 0.15) is 0 Å². The maximum Gasteiger partial charge on any atom is 0.0983 e. The van der Waals surface area contributed by atoms with Gasteiger partial charge in [0, 0.05) is 35.2 Å². The van der Waals surface area contributed by atoms with Crippen molar-refractivity contribution in [1.29, 1.82) is 0 Å². The van der Waals surface area contributed by atoms with Gasteiger partial charge in [-0.15, -0.1) is 0 Å².